The second-order valence-electron chi connectivity index (χ2n) is 4.45. The van der Waals surface area contributed by atoms with E-state index in [2.05, 4.69) is 0 Å². The van der Waals surface area contributed by atoms with Crippen LogP contribution in [0.2, 0.25) is 0 Å². The molecule has 0 radical (unpaired) electrons. The quantitative estimate of drug-likeness (QED) is 0.737. The number of thioether (sulfide) groups is 1. The predicted octanol–water partition coefficient (Wildman–Crippen LogP) is 2.06. The molecular formula is C11H20O3S2. The largest absolute Gasteiger partial charge is 0.298 e. The Morgan fingerprint density at radius 2 is 2.12 bits per heavy atom. The fourth-order valence-corrected chi connectivity index (χ4v) is 4.02. The second-order valence-corrected chi connectivity index (χ2v) is 8.52. The van der Waals surface area contributed by atoms with Crippen molar-refractivity contribution in [2.24, 2.45) is 0 Å². The zero-order valence-corrected chi connectivity index (χ0v) is 11.6. The van der Waals surface area contributed by atoms with Gasteiger partial charge in [0.1, 0.15) is 15.6 Å². The highest BCUT2D eigenvalue weighted by Crippen LogP contribution is 2.39. The van der Waals surface area contributed by atoms with Gasteiger partial charge in [0.2, 0.25) is 0 Å². The molecule has 1 rings (SSSR count). The molecule has 16 heavy (non-hydrogen) atoms. The van der Waals surface area contributed by atoms with E-state index in [-0.39, 0.29) is 22.0 Å². The minimum absolute atomic E-state index is 0.149. The molecule has 3 nitrogen and oxygen atoms in total. The third-order valence-electron chi connectivity index (χ3n) is 3.11. The smallest absolute Gasteiger partial charge is 0.150 e. The van der Waals surface area contributed by atoms with E-state index in [9.17, 15) is 13.2 Å². The molecule has 0 aromatic rings. The van der Waals surface area contributed by atoms with Crippen molar-refractivity contribution < 1.29 is 13.2 Å². The molecule has 1 heterocycles. The van der Waals surface area contributed by atoms with Gasteiger partial charge in [0.25, 0.3) is 0 Å². The number of carbonyl (C=O) groups is 1. The number of carbonyl (C=O) groups excluding carboxylic acids is 1. The van der Waals surface area contributed by atoms with Crippen molar-refractivity contribution in [2.75, 3.05) is 17.3 Å². The first-order chi connectivity index (χ1) is 7.40. The first-order valence-electron chi connectivity index (χ1n) is 5.77. The first-order valence-corrected chi connectivity index (χ1v) is 8.58. The molecular weight excluding hydrogens is 244 g/mol. The van der Waals surface area contributed by atoms with E-state index in [4.69, 9.17) is 0 Å². The van der Waals surface area contributed by atoms with Gasteiger partial charge in [-0.15, -0.1) is 11.8 Å². The van der Waals surface area contributed by atoms with E-state index >= 15 is 0 Å². The molecule has 1 unspecified atom stereocenters. The van der Waals surface area contributed by atoms with Gasteiger partial charge in [-0.05, 0) is 31.9 Å². The molecule has 5 heteroatoms. The lowest BCUT2D eigenvalue weighted by Gasteiger charge is -2.20. The predicted molar refractivity (Wildman–Crippen MR) is 68.7 cm³/mol. The standard InChI is InChI=1S/C11H20O3S2/c1-3-16(13,14)9-4-6-10(12)11(2)7-5-8-15-11/h3-9H2,1-2H3. The summed E-state index contributed by atoms with van der Waals surface area (Å²) in [6.45, 7) is 3.63. The number of hydrogen-bond donors (Lipinski definition) is 0. The normalized spacial score (nSPS) is 25.9. The van der Waals surface area contributed by atoms with Crippen molar-refractivity contribution in [1.29, 1.82) is 0 Å². The Morgan fingerprint density at radius 1 is 1.44 bits per heavy atom. The molecule has 1 atom stereocenters. The summed E-state index contributed by atoms with van der Waals surface area (Å²) < 4.78 is 22.3. The van der Waals surface area contributed by atoms with Crippen LogP contribution in [-0.2, 0) is 14.6 Å². The molecule has 0 N–H and O–H groups in total. The lowest BCUT2D eigenvalue weighted by Crippen LogP contribution is -2.28. The molecule has 1 saturated heterocycles. The van der Waals surface area contributed by atoms with E-state index in [0.717, 1.165) is 18.6 Å². The van der Waals surface area contributed by atoms with Gasteiger partial charge in [-0.1, -0.05) is 6.92 Å². The average Bonchev–Trinajstić information content (AvgIpc) is 2.66. The summed E-state index contributed by atoms with van der Waals surface area (Å²) in [6, 6.07) is 0. The van der Waals surface area contributed by atoms with E-state index in [0.29, 0.717) is 12.8 Å². The van der Waals surface area contributed by atoms with Crippen LogP contribution < -0.4 is 0 Å². The summed E-state index contributed by atoms with van der Waals surface area (Å²) in [5, 5.41) is 0. The lowest BCUT2D eigenvalue weighted by atomic mass is 9.97. The van der Waals surface area contributed by atoms with Crippen LogP contribution in [0.4, 0.5) is 0 Å². The monoisotopic (exact) mass is 264 g/mol. The van der Waals surface area contributed by atoms with Crippen LogP contribution >= 0.6 is 11.8 Å². The van der Waals surface area contributed by atoms with Crippen LogP contribution in [0, 0.1) is 0 Å². The van der Waals surface area contributed by atoms with Crippen LogP contribution in [0.1, 0.15) is 39.5 Å². The molecule has 0 aliphatic carbocycles. The van der Waals surface area contributed by atoms with Crippen molar-refractivity contribution >= 4 is 27.4 Å². The van der Waals surface area contributed by atoms with Crippen molar-refractivity contribution in [3.05, 3.63) is 0 Å². The van der Waals surface area contributed by atoms with Gasteiger partial charge in [-0.25, -0.2) is 8.42 Å². The van der Waals surface area contributed by atoms with Crippen molar-refractivity contribution in [3.63, 3.8) is 0 Å². The summed E-state index contributed by atoms with van der Waals surface area (Å²) in [4.78, 5) is 11.9. The summed E-state index contributed by atoms with van der Waals surface area (Å²) in [6.07, 6.45) is 2.92. The Labute approximate surface area is 102 Å². The zero-order valence-electron chi connectivity index (χ0n) is 9.99. The Bertz CT molecular complexity index is 340. The van der Waals surface area contributed by atoms with Crippen LogP contribution in [0.25, 0.3) is 0 Å². The highest BCUT2D eigenvalue weighted by Gasteiger charge is 2.36. The summed E-state index contributed by atoms with van der Waals surface area (Å²) in [7, 11) is -2.92. The van der Waals surface area contributed by atoms with Gasteiger partial charge in [0.15, 0.2) is 0 Å². The molecule has 94 valence electrons. The van der Waals surface area contributed by atoms with Crippen LogP contribution in [-0.4, -0.2) is 36.2 Å². The zero-order chi connectivity index (χ0) is 12.2. The van der Waals surface area contributed by atoms with Gasteiger partial charge in [-0.2, -0.15) is 0 Å². The Hall–Kier alpha value is -0.0300. The molecule has 0 aromatic heterocycles. The van der Waals surface area contributed by atoms with Crippen LogP contribution in [0.3, 0.4) is 0 Å². The number of sulfone groups is 1. The van der Waals surface area contributed by atoms with Crippen LogP contribution in [0.15, 0.2) is 0 Å². The minimum atomic E-state index is -2.92. The van der Waals surface area contributed by atoms with Gasteiger partial charge >= 0.3 is 0 Å². The Kier molecular flexibility index (Phi) is 4.86. The van der Waals surface area contributed by atoms with Gasteiger partial charge in [-0.3, -0.25) is 4.79 Å². The molecule has 0 amide bonds. The highest BCUT2D eigenvalue weighted by molar-refractivity contribution is 8.01. The van der Waals surface area contributed by atoms with Gasteiger partial charge in [0, 0.05) is 12.2 Å². The Balaban J connectivity index is 2.36. The van der Waals surface area contributed by atoms with E-state index < -0.39 is 9.84 Å². The van der Waals surface area contributed by atoms with E-state index in [1.54, 1.807) is 18.7 Å². The number of hydrogen-bond acceptors (Lipinski definition) is 4. The third-order valence-corrected chi connectivity index (χ3v) is 6.46. The molecule has 0 spiro atoms. The molecule has 0 saturated carbocycles. The SMILES string of the molecule is CCS(=O)(=O)CCCC(=O)C1(C)CCCS1. The number of rotatable bonds is 6. The van der Waals surface area contributed by atoms with E-state index in [1.807, 2.05) is 6.92 Å². The molecule has 1 fully saturated rings. The van der Waals surface area contributed by atoms with Crippen molar-refractivity contribution in [2.45, 2.75) is 44.3 Å². The summed E-state index contributed by atoms with van der Waals surface area (Å²) in [5.41, 5.74) is 0. The first kappa shape index (κ1) is 14.0. The number of Topliss-reactive ketones (excluding diaryl/α,β-unsaturated/α-hetero) is 1. The average molecular weight is 264 g/mol. The summed E-state index contributed by atoms with van der Waals surface area (Å²) >= 11 is 1.72. The van der Waals surface area contributed by atoms with Crippen LogP contribution in [0.5, 0.6) is 0 Å². The molecule has 0 aromatic carbocycles. The van der Waals surface area contributed by atoms with Crippen molar-refractivity contribution in [3.8, 4) is 0 Å². The fourth-order valence-electron chi connectivity index (χ4n) is 1.86. The maximum absolute atomic E-state index is 11.9. The van der Waals surface area contributed by atoms with Crippen molar-refractivity contribution in [1.82, 2.24) is 0 Å². The molecule has 1 aliphatic rings. The Morgan fingerprint density at radius 3 is 2.62 bits per heavy atom. The second kappa shape index (κ2) is 5.54. The number of ketones is 1. The van der Waals surface area contributed by atoms with Gasteiger partial charge < -0.3 is 0 Å². The summed E-state index contributed by atoms with van der Waals surface area (Å²) in [5.74, 6) is 1.60. The third kappa shape index (κ3) is 3.77. The maximum atomic E-state index is 11.9. The highest BCUT2D eigenvalue weighted by atomic mass is 32.2. The molecule has 1 aliphatic heterocycles. The van der Waals surface area contributed by atoms with Gasteiger partial charge in [0.05, 0.1) is 10.5 Å². The maximum Gasteiger partial charge on any atom is 0.150 e. The molecule has 0 bridgehead atoms. The minimum Gasteiger partial charge on any atom is -0.298 e. The fraction of sp³-hybridized carbons (Fsp3) is 0.909. The lowest BCUT2D eigenvalue weighted by molar-refractivity contribution is -0.121. The van der Waals surface area contributed by atoms with E-state index in [1.165, 1.54) is 0 Å². The topological polar surface area (TPSA) is 51.2 Å².